The van der Waals surface area contributed by atoms with Gasteiger partial charge in [-0.2, -0.15) is 0 Å². The summed E-state index contributed by atoms with van der Waals surface area (Å²) in [5.41, 5.74) is 0.724. The lowest BCUT2D eigenvalue weighted by molar-refractivity contribution is -0.00827. The first-order valence-corrected chi connectivity index (χ1v) is 6.57. The van der Waals surface area contributed by atoms with E-state index in [0.717, 1.165) is 21.8 Å². The van der Waals surface area contributed by atoms with Crippen molar-refractivity contribution in [2.75, 3.05) is 0 Å². The van der Waals surface area contributed by atoms with Crippen molar-refractivity contribution in [1.82, 2.24) is 0 Å². The average Bonchev–Trinajstić information content (AvgIpc) is 2.88. The first kappa shape index (κ1) is 13.7. The molecule has 0 saturated heterocycles. The molecule has 0 aliphatic carbocycles. The maximum atomic E-state index is 13.5. The minimum Gasteiger partial charge on any atom is -0.477 e. The molecule has 2 aromatic rings. The second-order valence-corrected chi connectivity index (χ2v) is 5.19. The number of halogens is 2. The van der Waals surface area contributed by atoms with Crippen LogP contribution in [-0.2, 0) is 5.92 Å². The quantitative estimate of drug-likeness (QED) is 0.888. The zero-order valence-electron chi connectivity index (χ0n) is 10.2. The Morgan fingerprint density at radius 3 is 2.32 bits per heavy atom. The molecule has 2 rings (SSSR count). The molecule has 0 aliphatic heterocycles. The molecule has 5 heteroatoms. The molecule has 0 fully saturated rings. The van der Waals surface area contributed by atoms with Gasteiger partial charge in [0.15, 0.2) is 0 Å². The predicted octanol–water partition coefficient (Wildman–Crippen LogP) is 4.62. The molecule has 2 nitrogen and oxygen atoms in total. The highest BCUT2D eigenvalue weighted by molar-refractivity contribution is 7.17. The van der Waals surface area contributed by atoms with Crippen molar-refractivity contribution in [3.8, 4) is 10.4 Å². The fraction of sp³-hybridized carbons (Fsp3) is 0.214. The number of carboxylic acid groups (broad SMARTS) is 1. The summed E-state index contributed by atoms with van der Waals surface area (Å²) in [5.74, 6) is -3.80. The van der Waals surface area contributed by atoms with E-state index in [0.29, 0.717) is 0 Å². The highest BCUT2D eigenvalue weighted by atomic mass is 32.1. The monoisotopic (exact) mass is 282 g/mol. The highest BCUT2D eigenvalue weighted by Crippen LogP contribution is 2.34. The van der Waals surface area contributed by atoms with Crippen molar-refractivity contribution in [3.05, 3.63) is 46.8 Å². The third kappa shape index (κ3) is 2.81. The Morgan fingerprint density at radius 1 is 1.21 bits per heavy atom. The van der Waals surface area contributed by atoms with Crippen LogP contribution in [0, 0.1) is 0 Å². The maximum absolute atomic E-state index is 13.5. The Hall–Kier alpha value is -1.75. The maximum Gasteiger partial charge on any atom is 0.345 e. The number of hydrogen-bond donors (Lipinski definition) is 1. The minimum atomic E-state index is -2.82. The van der Waals surface area contributed by atoms with Crippen LogP contribution in [0.2, 0.25) is 0 Å². The summed E-state index contributed by atoms with van der Waals surface area (Å²) in [4.78, 5) is 11.8. The van der Waals surface area contributed by atoms with Crippen molar-refractivity contribution in [2.45, 2.75) is 19.3 Å². The summed E-state index contributed by atoms with van der Waals surface area (Å²) in [7, 11) is 0. The van der Waals surface area contributed by atoms with Gasteiger partial charge in [-0.25, -0.2) is 13.6 Å². The van der Waals surface area contributed by atoms with Crippen LogP contribution >= 0.6 is 11.3 Å². The smallest absolute Gasteiger partial charge is 0.345 e. The lowest BCUT2D eigenvalue weighted by Gasteiger charge is -2.14. The summed E-state index contributed by atoms with van der Waals surface area (Å²) >= 11 is 1.13. The molecular formula is C14H12F2O2S. The van der Waals surface area contributed by atoms with Crippen molar-refractivity contribution < 1.29 is 18.7 Å². The molecule has 0 unspecified atom stereocenters. The Balaban J connectivity index is 2.29. The summed E-state index contributed by atoms with van der Waals surface area (Å²) in [6.07, 6.45) is -0.242. The normalized spacial score (nSPS) is 11.5. The molecule has 1 aromatic carbocycles. The summed E-state index contributed by atoms with van der Waals surface area (Å²) in [6, 6.07) is 9.16. The van der Waals surface area contributed by atoms with Crippen LogP contribution in [0.25, 0.3) is 10.4 Å². The number of carbonyl (C=O) groups is 1. The highest BCUT2D eigenvalue weighted by Gasteiger charge is 2.28. The van der Waals surface area contributed by atoms with Gasteiger partial charge in [0.25, 0.3) is 5.92 Å². The fourth-order valence-corrected chi connectivity index (χ4v) is 2.54. The summed E-state index contributed by atoms with van der Waals surface area (Å²) in [6.45, 7) is 1.44. The third-order valence-electron chi connectivity index (χ3n) is 2.85. The molecule has 100 valence electrons. The summed E-state index contributed by atoms with van der Waals surface area (Å²) in [5, 5.41) is 8.84. The van der Waals surface area contributed by atoms with Gasteiger partial charge in [-0.05, 0) is 17.7 Å². The molecule has 0 amide bonds. The Kier molecular flexibility index (Phi) is 3.66. The molecule has 0 aliphatic rings. The van der Waals surface area contributed by atoms with Gasteiger partial charge in [-0.1, -0.05) is 31.2 Å². The fourth-order valence-electron chi connectivity index (χ4n) is 1.69. The SMILES string of the molecule is CCC(F)(F)c1ccc(-c2ccc(C(=O)O)s2)cc1. The molecule has 19 heavy (non-hydrogen) atoms. The first-order chi connectivity index (χ1) is 8.94. The van der Waals surface area contributed by atoms with Gasteiger partial charge < -0.3 is 5.11 Å². The Bertz CT molecular complexity index is 588. The number of benzene rings is 1. The minimum absolute atomic E-state index is 0.0197. The van der Waals surface area contributed by atoms with Crippen molar-refractivity contribution in [3.63, 3.8) is 0 Å². The number of alkyl halides is 2. The standard InChI is InChI=1S/C14H12F2O2S/c1-2-14(15,16)10-5-3-9(4-6-10)11-7-8-12(19-11)13(17)18/h3-8H,2H2,1H3,(H,17,18). The van der Waals surface area contributed by atoms with E-state index in [1.54, 1.807) is 18.2 Å². The van der Waals surface area contributed by atoms with Crippen LogP contribution in [0.5, 0.6) is 0 Å². The third-order valence-corrected chi connectivity index (χ3v) is 3.97. The van der Waals surface area contributed by atoms with Crippen LogP contribution in [0.3, 0.4) is 0 Å². The zero-order chi connectivity index (χ0) is 14.0. The summed E-state index contributed by atoms with van der Waals surface area (Å²) < 4.78 is 26.9. The van der Waals surface area contributed by atoms with Gasteiger partial charge in [0.1, 0.15) is 4.88 Å². The largest absolute Gasteiger partial charge is 0.477 e. The number of carboxylic acids is 1. The number of hydrogen-bond acceptors (Lipinski definition) is 2. The Labute approximate surface area is 113 Å². The lowest BCUT2D eigenvalue weighted by Crippen LogP contribution is -2.10. The van der Waals surface area contributed by atoms with E-state index in [1.807, 2.05) is 0 Å². The topological polar surface area (TPSA) is 37.3 Å². The first-order valence-electron chi connectivity index (χ1n) is 5.76. The van der Waals surface area contributed by atoms with Crippen molar-refractivity contribution in [2.24, 2.45) is 0 Å². The van der Waals surface area contributed by atoms with E-state index in [1.165, 1.54) is 25.1 Å². The van der Waals surface area contributed by atoms with Gasteiger partial charge in [0, 0.05) is 16.9 Å². The molecule has 0 radical (unpaired) electrons. The van der Waals surface area contributed by atoms with Crippen LogP contribution in [0.4, 0.5) is 8.78 Å². The van der Waals surface area contributed by atoms with E-state index >= 15 is 0 Å². The van der Waals surface area contributed by atoms with Crippen LogP contribution < -0.4 is 0 Å². The number of aromatic carboxylic acids is 1. The second kappa shape index (κ2) is 5.09. The lowest BCUT2D eigenvalue weighted by atomic mass is 10.0. The van der Waals surface area contributed by atoms with Crippen molar-refractivity contribution in [1.29, 1.82) is 0 Å². The zero-order valence-corrected chi connectivity index (χ0v) is 11.0. The van der Waals surface area contributed by atoms with E-state index in [2.05, 4.69) is 0 Å². The predicted molar refractivity (Wildman–Crippen MR) is 70.9 cm³/mol. The molecule has 1 heterocycles. The average molecular weight is 282 g/mol. The molecule has 0 spiro atoms. The van der Waals surface area contributed by atoms with Crippen molar-refractivity contribution >= 4 is 17.3 Å². The molecule has 0 bridgehead atoms. The van der Waals surface area contributed by atoms with Gasteiger partial charge in [0.05, 0.1) is 0 Å². The van der Waals surface area contributed by atoms with E-state index in [-0.39, 0.29) is 16.9 Å². The molecular weight excluding hydrogens is 270 g/mol. The van der Waals surface area contributed by atoms with Crippen LogP contribution in [0.1, 0.15) is 28.6 Å². The second-order valence-electron chi connectivity index (χ2n) is 4.10. The van der Waals surface area contributed by atoms with Crippen LogP contribution in [0.15, 0.2) is 36.4 Å². The van der Waals surface area contributed by atoms with Crippen LogP contribution in [-0.4, -0.2) is 11.1 Å². The van der Waals surface area contributed by atoms with Gasteiger partial charge in [0.2, 0.25) is 0 Å². The van der Waals surface area contributed by atoms with E-state index in [4.69, 9.17) is 5.11 Å². The number of thiophene rings is 1. The molecule has 1 N–H and O–H groups in total. The molecule has 0 saturated carbocycles. The van der Waals surface area contributed by atoms with Gasteiger partial charge in [-0.15, -0.1) is 11.3 Å². The molecule has 1 aromatic heterocycles. The van der Waals surface area contributed by atoms with Gasteiger partial charge in [-0.3, -0.25) is 0 Å². The van der Waals surface area contributed by atoms with E-state index < -0.39 is 11.9 Å². The number of rotatable bonds is 4. The Morgan fingerprint density at radius 2 is 1.84 bits per heavy atom. The molecule has 0 atom stereocenters. The van der Waals surface area contributed by atoms with Gasteiger partial charge >= 0.3 is 5.97 Å². The van der Waals surface area contributed by atoms with E-state index in [9.17, 15) is 13.6 Å².